The SMILES string of the molecule is CC(C)C(CC(=O)NCCCCc1ccc(Cl)cc1)C(=O)O. The average Bonchev–Trinajstić information content (AvgIpc) is 2.45. The van der Waals surface area contributed by atoms with Crippen LogP contribution in [0.3, 0.4) is 0 Å². The number of benzene rings is 1. The number of aryl methyl sites for hydroxylation is 1. The minimum Gasteiger partial charge on any atom is -0.481 e. The Hall–Kier alpha value is -1.55. The first-order valence-electron chi connectivity index (χ1n) is 7.64. The van der Waals surface area contributed by atoms with Gasteiger partial charge in [-0.2, -0.15) is 0 Å². The number of carbonyl (C=O) groups is 2. The Morgan fingerprint density at radius 1 is 1.18 bits per heavy atom. The van der Waals surface area contributed by atoms with Gasteiger partial charge in [-0.05, 0) is 42.9 Å². The van der Waals surface area contributed by atoms with Crippen molar-refractivity contribution in [3.63, 3.8) is 0 Å². The molecule has 1 rings (SSSR count). The molecule has 0 aliphatic rings. The van der Waals surface area contributed by atoms with E-state index in [2.05, 4.69) is 5.32 Å². The number of halogens is 1. The maximum atomic E-state index is 11.7. The number of carboxylic acid groups (broad SMARTS) is 1. The second-order valence-corrected chi connectivity index (χ2v) is 6.26. The Morgan fingerprint density at radius 3 is 2.36 bits per heavy atom. The van der Waals surface area contributed by atoms with Crippen molar-refractivity contribution in [1.82, 2.24) is 5.32 Å². The minimum atomic E-state index is -0.909. The summed E-state index contributed by atoms with van der Waals surface area (Å²) in [5.41, 5.74) is 1.22. The van der Waals surface area contributed by atoms with Gasteiger partial charge in [-0.25, -0.2) is 0 Å². The van der Waals surface area contributed by atoms with Crippen molar-refractivity contribution in [2.75, 3.05) is 6.54 Å². The molecule has 4 nitrogen and oxygen atoms in total. The van der Waals surface area contributed by atoms with Gasteiger partial charge in [0.15, 0.2) is 0 Å². The molecule has 0 aliphatic carbocycles. The highest BCUT2D eigenvalue weighted by atomic mass is 35.5. The van der Waals surface area contributed by atoms with Crippen molar-refractivity contribution >= 4 is 23.5 Å². The predicted molar refractivity (Wildman–Crippen MR) is 88.0 cm³/mol. The van der Waals surface area contributed by atoms with Crippen LogP contribution in [0.15, 0.2) is 24.3 Å². The minimum absolute atomic E-state index is 0.0458. The second kappa shape index (κ2) is 9.46. The van der Waals surface area contributed by atoms with Crippen molar-refractivity contribution in [3.05, 3.63) is 34.9 Å². The number of carboxylic acids is 1. The molecule has 0 bridgehead atoms. The molecule has 1 aromatic rings. The first-order valence-corrected chi connectivity index (χ1v) is 8.02. The maximum Gasteiger partial charge on any atom is 0.307 e. The van der Waals surface area contributed by atoms with E-state index >= 15 is 0 Å². The van der Waals surface area contributed by atoms with Crippen LogP contribution in [0.1, 0.15) is 38.7 Å². The van der Waals surface area contributed by atoms with E-state index in [1.54, 1.807) is 0 Å². The summed E-state index contributed by atoms with van der Waals surface area (Å²) < 4.78 is 0. The average molecular weight is 326 g/mol. The first-order chi connectivity index (χ1) is 10.4. The highest BCUT2D eigenvalue weighted by molar-refractivity contribution is 6.30. The monoisotopic (exact) mass is 325 g/mol. The number of carbonyl (C=O) groups excluding carboxylic acids is 1. The van der Waals surface area contributed by atoms with Gasteiger partial charge in [-0.1, -0.05) is 37.6 Å². The zero-order chi connectivity index (χ0) is 16.5. The molecule has 0 aliphatic heterocycles. The molecule has 0 heterocycles. The topological polar surface area (TPSA) is 66.4 Å². The summed E-state index contributed by atoms with van der Waals surface area (Å²) in [4.78, 5) is 22.8. The van der Waals surface area contributed by atoms with Crippen molar-refractivity contribution in [3.8, 4) is 0 Å². The third-order valence-corrected chi connectivity index (χ3v) is 3.91. The zero-order valence-corrected chi connectivity index (χ0v) is 13.9. The van der Waals surface area contributed by atoms with Crippen molar-refractivity contribution in [2.24, 2.45) is 11.8 Å². The van der Waals surface area contributed by atoms with Gasteiger partial charge >= 0.3 is 5.97 Å². The lowest BCUT2D eigenvalue weighted by Gasteiger charge is -2.15. The highest BCUT2D eigenvalue weighted by Gasteiger charge is 2.24. The number of rotatable bonds is 9. The summed E-state index contributed by atoms with van der Waals surface area (Å²) in [6.45, 7) is 4.22. The van der Waals surface area contributed by atoms with E-state index in [4.69, 9.17) is 16.7 Å². The van der Waals surface area contributed by atoms with E-state index < -0.39 is 11.9 Å². The molecule has 2 N–H and O–H groups in total. The maximum absolute atomic E-state index is 11.7. The normalized spacial score (nSPS) is 12.2. The number of hydrogen-bond acceptors (Lipinski definition) is 2. The summed E-state index contributed by atoms with van der Waals surface area (Å²) in [6.07, 6.45) is 2.82. The predicted octanol–water partition coefficient (Wildman–Crippen LogP) is 3.53. The number of nitrogens with one attached hydrogen (secondary N) is 1. The van der Waals surface area contributed by atoms with Gasteiger partial charge in [0, 0.05) is 18.0 Å². The van der Waals surface area contributed by atoms with Gasteiger partial charge in [0.2, 0.25) is 5.91 Å². The molecular formula is C17H24ClNO3. The Morgan fingerprint density at radius 2 is 1.82 bits per heavy atom. The Balaban J connectivity index is 2.19. The zero-order valence-electron chi connectivity index (χ0n) is 13.1. The van der Waals surface area contributed by atoms with Crippen molar-refractivity contribution < 1.29 is 14.7 Å². The van der Waals surface area contributed by atoms with Crippen LogP contribution in [0.2, 0.25) is 5.02 Å². The van der Waals surface area contributed by atoms with Crippen LogP contribution >= 0.6 is 11.6 Å². The van der Waals surface area contributed by atoms with Crippen LogP contribution in [0, 0.1) is 11.8 Å². The van der Waals surface area contributed by atoms with Gasteiger partial charge in [0.25, 0.3) is 0 Å². The molecule has 1 aromatic carbocycles. The summed E-state index contributed by atoms with van der Waals surface area (Å²) >= 11 is 5.83. The molecule has 0 saturated heterocycles. The molecule has 122 valence electrons. The molecule has 0 fully saturated rings. The standard InChI is InChI=1S/C17H24ClNO3/c1-12(2)15(17(21)22)11-16(20)19-10-4-3-5-13-6-8-14(18)9-7-13/h6-9,12,15H,3-5,10-11H2,1-2H3,(H,19,20)(H,21,22). The summed E-state index contributed by atoms with van der Waals surface area (Å²) in [5, 5.41) is 12.6. The van der Waals surface area contributed by atoms with E-state index in [1.165, 1.54) is 5.56 Å². The third kappa shape index (κ3) is 6.94. The molecular weight excluding hydrogens is 302 g/mol. The number of unbranched alkanes of at least 4 members (excludes halogenated alkanes) is 1. The molecule has 0 spiro atoms. The molecule has 1 amide bonds. The highest BCUT2D eigenvalue weighted by Crippen LogP contribution is 2.15. The van der Waals surface area contributed by atoms with E-state index in [1.807, 2.05) is 38.1 Å². The van der Waals surface area contributed by atoms with Crippen LogP contribution in [-0.4, -0.2) is 23.5 Å². The van der Waals surface area contributed by atoms with Gasteiger partial charge in [-0.15, -0.1) is 0 Å². The molecule has 1 atom stereocenters. The molecule has 5 heteroatoms. The van der Waals surface area contributed by atoms with E-state index in [9.17, 15) is 9.59 Å². The van der Waals surface area contributed by atoms with Crippen LogP contribution in [0.5, 0.6) is 0 Å². The number of amides is 1. The summed E-state index contributed by atoms with van der Waals surface area (Å²) in [5.74, 6) is -1.76. The van der Waals surface area contributed by atoms with E-state index in [0.717, 1.165) is 24.3 Å². The summed E-state index contributed by atoms with van der Waals surface area (Å²) in [7, 11) is 0. The molecule has 0 radical (unpaired) electrons. The summed E-state index contributed by atoms with van der Waals surface area (Å²) in [6, 6.07) is 7.75. The van der Waals surface area contributed by atoms with Crippen LogP contribution in [0.25, 0.3) is 0 Å². The van der Waals surface area contributed by atoms with E-state index in [0.29, 0.717) is 6.54 Å². The van der Waals surface area contributed by atoms with Gasteiger partial charge in [0.1, 0.15) is 0 Å². The molecule has 0 aromatic heterocycles. The quantitative estimate of drug-likeness (QED) is 0.683. The molecule has 1 unspecified atom stereocenters. The van der Waals surface area contributed by atoms with Crippen LogP contribution < -0.4 is 5.32 Å². The molecule has 0 saturated carbocycles. The smallest absolute Gasteiger partial charge is 0.307 e. The Labute approximate surface area is 136 Å². The second-order valence-electron chi connectivity index (χ2n) is 5.83. The first kappa shape index (κ1) is 18.5. The molecule has 22 heavy (non-hydrogen) atoms. The lowest BCUT2D eigenvalue weighted by atomic mass is 9.92. The van der Waals surface area contributed by atoms with E-state index in [-0.39, 0.29) is 18.2 Å². The van der Waals surface area contributed by atoms with Gasteiger partial charge < -0.3 is 10.4 Å². The lowest BCUT2D eigenvalue weighted by Crippen LogP contribution is -2.31. The lowest BCUT2D eigenvalue weighted by molar-refractivity contribution is -0.145. The number of hydrogen-bond donors (Lipinski definition) is 2. The number of aliphatic carboxylic acids is 1. The van der Waals surface area contributed by atoms with Crippen LogP contribution in [-0.2, 0) is 16.0 Å². The van der Waals surface area contributed by atoms with Crippen molar-refractivity contribution in [2.45, 2.75) is 39.5 Å². The fourth-order valence-corrected chi connectivity index (χ4v) is 2.34. The van der Waals surface area contributed by atoms with Gasteiger partial charge in [0.05, 0.1) is 5.92 Å². The Bertz CT molecular complexity index is 485. The largest absolute Gasteiger partial charge is 0.481 e. The van der Waals surface area contributed by atoms with Crippen molar-refractivity contribution in [1.29, 1.82) is 0 Å². The van der Waals surface area contributed by atoms with Gasteiger partial charge in [-0.3, -0.25) is 9.59 Å². The Kier molecular flexibility index (Phi) is 7.96. The van der Waals surface area contributed by atoms with Crippen LogP contribution in [0.4, 0.5) is 0 Å². The third-order valence-electron chi connectivity index (χ3n) is 3.65. The fourth-order valence-electron chi connectivity index (χ4n) is 2.21. The fraction of sp³-hybridized carbons (Fsp3) is 0.529.